The minimum absolute atomic E-state index is 0.00723. The van der Waals surface area contributed by atoms with Gasteiger partial charge in [-0.1, -0.05) is 26.2 Å². The second-order valence-corrected chi connectivity index (χ2v) is 8.41. The highest BCUT2D eigenvalue weighted by atomic mass is 32.2. The second kappa shape index (κ2) is 7.40. The van der Waals surface area contributed by atoms with Crippen molar-refractivity contribution in [1.82, 2.24) is 0 Å². The smallest absolute Gasteiger partial charge is 0.209 e. The van der Waals surface area contributed by atoms with Crippen molar-refractivity contribution in [1.29, 1.82) is 0 Å². The predicted octanol–water partition coefficient (Wildman–Crippen LogP) is 2.06. The van der Waals surface area contributed by atoms with Crippen LogP contribution in [0.1, 0.15) is 51.9 Å². The fraction of sp³-hybridized carbons (Fsp3) is 1.00. The lowest BCUT2D eigenvalue weighted by atomic mass is 9.82. The van der Waals surface area contributed by atoms with Crippen LogP contribution in [0.25, 0.3) is 0 Å². The van der Waals surface area contributed by atoms with Crippen molar-refractivity contribution < 1.29 is 17.9 Å². The van der Waals surface area contributed by atoms with Gasteiger partial charge in [-0.15, -0.1) is 0 Å². The molecule has 0 radical (unpaired) electrons. The van der Waals surface area contributed by atoms with Crippen LogP contribution >= 0.6 is 0 Å². The lowest BCUT2D eigenvalue weighted by molar-refractivity contribution is -0.0668. The summed E-state index contributed by atoms with van der Waals surface area (Å²) in [5.74, 6) is 0.764. The Morgan fingerprint density at radius 2 is 2.00 bits per heavy atom. The minimum atomic E-state index is -3.49. The van der Waals surface area contributed by atoms with Gasteiger partial charge in [0.25, 0.3) is 0 Å². The van der Waals surface area contributed by atoms with Crippen LogP contribution in [-0.4, -0.2) is 40.1 Å². The van der Waals surface area contributed by atoms with Crippen LogP contribution < -0.4 is 5.14 Å². The summed E-state index contributed by atoms with van der Waals surface area (Å²) in [6.45, 7) is 3.92. The standard InChI is InChI=1S/C15H29NO4S/c1-2-13-4-3-5-14(10-13)20-11-15(12-21(16,17)18)6-8-19-9-7-15/h13-14H,2-12H2,1H3,(H2,16,17,18). The zero-order chi connectivity index (χ0) is 15.3. The first-order chi connectivity index (χ1) is 9.92. The molecule has 2 unspecified atom stereocenters. The summed E-state index contributed by atoms with van der Waals surface area (Å²) >= 11 is 0. The van der Waals surface area contributed by atoms with Gasteiger partial charge in [0.2, 0.25) is 10.0 Å². The van der Waals surface area contributed by atoms with Crippen molar-refractivity contribution in [3.8, 4) is 0 Å². The molecule has 0 aromatic rings. The first-order valence-corrected chi connectivity index (χ1v) is 9.84. The quantitative estimate of drug-likeness (QED) is 0.813. The summed E-state index contributed by atoms with van der Waals surface area (Å²) in [5.41, 5.74) is -0.356. The average Bonchev–Trinajstić information content (AvgIpc) is 2.45. The van der Waals surface area contributed by atoms with Crippen LogP contribution in [0.15, 0.2) is 0 Å². The maximum absolute atomic E-state index is 11.5. The largest absolute Gasteiger partial charge is 0.381 e. The number of nitrogens with two attached hydrogens (primary N) is 1. The summed E-state index contributed by atoms with van der Waals surface area (Å²) < 4.78 is 34.6. The highest BCUT2D eigenvalue weighted by Gasteiger charge is 2.37. The Morgan fingerprint density at radius 1 is 1.29 bits per heavy atom. The maximum Gasteiger partial charge on any atom is 0.209 e. The lowest BCUT2D eigenvalue weighted by Gasteiger charge is -2.38. The van der Waals surface area contributed by atoms with Crippen molar-refractivity contribution in [2.45, 2.75) is 58.0 Å². The molecule has 2 aliphatic rings. The van der Waals surface area contributed by atoms with Gasteiger partial charge in [-0.25, -0.2) is 13.6 Å². The van der Waals surface area contributed by atoms with E-state index in [1.54, 1.807) is 0 Å². The molecule has 0 aromatic carbocycles. The van der Waals surface area contributed by atoms with E-state index >= 15 is 0 Å². The number of sulfonamides is 1. The minimum Gasteiger partial charge on any atom is -0.381 e. The Labute approximate surface area is 128 Å². The van der Waals surface area contributed by atoms with E-state index in [2.05, 4.69) is 6.92 Å². The van der Waals surface area contributed by atoms with Crippen LogP contribution in [0, 0.1) is 11.3 Å². The second-order valence-electron chi connectivity index (χ2n) is 6.79. The molecule has 1 aliphatic heterocycles. The third-order valence-corrected chi connectivity index (χ3v) is 6.01. The number of primary sulfonamides is 1. The SMILES string of the molecule is CCC1CCCC(OCC2(CS(N)(=O)=O)CCOCC2)C1. The molecular formula is C15H29NO4S. The Kier molecular flexibility index (Phi) is 6.05. The van der Waals surface area contributed by atoms with Crippen molar-refractivity contribution >= 4 is 10.0 Å². The van der Waals surface area contributed by atoms with E-state index in [0.717, 1.165) is 18.8 Å². The molecule has 6 heteroatoms. The molecule has 21 heavy (non-hydrogen) atoms. The van der Waals surface area contributed by atoms with Crippen molar-refractivity contribution in [2.75, 3.05) is 25.6 Å². The highest BCUT2D eigenvalue weighted by Crippen LogP contribution is 2.35. The van der Waals surface area contributed by atoms with Gasteiger partial charge < -0.3 is 9.47 Å². The molecule has 0 amide bonds. The molecular weight excluding hydrogens is 290 g/mol. The first kappa shape index (κ1) is 17.2. The van der Waals surface area contributed by atoms with Crippen LogP contribution in [0.2, 0.25) is 0 Å². The molecule has 0 aromatic heterocycles. The number of hydrogen-bond donors (Lipinski definition) is 1. The highest BCUT2D eigenvalue weighted by molar-refractivity contribution is 7.89. The number of rotatable bonds is 6. The van der Waals surface area contributed by atoms with E-state index < -0.39 is 10.0 Å². The van der Waals surface area contributed by atoms with Crippen LogP contribution in [0.5, 0.6) is 0 Å². The zero-order valence-electron chi connectivity index (χ0n) is 13.1. The average molecular weight is 319 g/mol. The third kappa shape index (κ3) is 5.51. The third-order valence-electron chi connectivity index (χ3n) is 5.00. The van der Waals surface area contributed by atoms with Crippen molar-refractivity contribution in [2.24, 2.45) is 16.5 Å². The summed E-state index contributed by atoms with van der Waals surface area (Å²) in [5, 5.41) is 5.28. The summed E-state index contributed by atoms with van der Waals surface area (Å²) in [6, 6.07) is 0. The Balaban J connectivity index is 1.92. The monoisotopic (exact) mass is 319 g/mol. The fourth-order valence-corrected chi connectivity index (χ4v) is 4.85. The van der Waals surface area contributed by atoms with Crippen LogP contribution in [0.3, 0.4) is 0 Å². The topological polar surface area (TPSA) is 78.6 Å². The van der Waals surface area contributed by atoms with E-state index in [1.807, 2.05) is 0 Å². The lowest BCUT2D eigenvalue weighted by Crippen LogP contribution is -2.43. The fourth-order valence-electron chi connectivity index (χ4n) is 3.62. The van der Waals surface area contributed by atoms with E-state index in [4.69, 9.17) is 14.6 Å². The Hall–Kier alpha value is -0.170. The van der Waals surface area contributed by atoms with E-state index in [1.165, 1.54) is 19.3 Å². The van der Waals surface area contributed by atoms with Gasteiger partial charge in [0, 0.05) is 18.6 Å². The molecule has 0 spiro atoms. The van der Waals surface area contributed by atoms with Gasteiger partial charge in [0.15, 0.2) is 0 Å². The summed E-state index contributed by atoms with van der Waals surface area (Å²) in [6.07, 6.45) is 7.64. The molecule has 5 nitrogen and oxygen atoms in total. The van der Waals surface area contributed by atoms with Gasteiger partial charge in [-0.05, 0) is 31.6 Å². The predicted molar refractivity (Wildman–Crippen MR) is 82.4 cm³/mol. The van der Waals surface area contributed by atoms with Gasteiger partial charge in [0.05, 0.1) is 18.5 Å². The molecule has 2 fully saturated rings. The van der Waals surface area contributed by atoms with E-state index in [-0.39, 0.29) is 17.3 Å². The van der Waals surface area contributed by atoms with Gasteiger partial charge in [0.1, 0.15) is 0 Å². The molecule has 0 bridgehead atoms. The molecule has 2 N–H and O–H groups in total. The van der Waals surface area contributed by atoms with Gasteiger partial charge in [-0.2, -0.15) is 0 Å². The van der Waals surface area contributed by atoms with Crippen molar-refractivity contribution in [3.05, 3.63) is 0 Å². The zero-order valence-corrected chi connectivity index (χ0v) is 13.9. The molecule has 1 saturated heterocycles. The van der Waals surface area contributed by atoms with Crippen LogP contribution in [-0.2, 0) is 19.5 Å². The number of ether oxygens (including phenoxy) is 2. The summed E-state index contributed by atoms with van der Waals surface area (Å²) in [7, 11) is -3.49. The Bertz CT molecular complexity index is 417. The Morgan fingerprint density at radius 3 is 2.62 bits per heavy atom. The molecule has 1 saturated carbocycles. The maximum atomic E-state index is 11.5. The normalized spacial score (nSPS) is 30.2. The van der Waals surface area contributed by atoms with E-state index in [9.17, 15) is 8.42 Å². The summed E-state index contributed by atoms with van der Waals surface area (Å²) in [4.78, 5) is 0. The van der Waals surface area contributed by atoms with E-state index in [0.29, 0.717) is 32.7 Å². The molecule has 1 heterocycles. The number of hydrogen-bond acceptors (Lipinski definition) is 4. The van der Waals surface area contributed by atoms with Crippen LogP contribution in [0.4, 0.5) is 0 Å². The first-order valence-electron chi connectivity index (χ1n) is 8.12. The van der Waals surface area contributed by atoms with Gasteiger partial charge >= 0.3 is 0 Å². The molecule has 124 valence electrons. The molecule has 2 atom stereocenters. The molecule has 1 aliphatic carbocycles. The van der Waals surface area contributed by atoms with Crippen molar-refractivity contribution in [3.63, 3.8) is 0 Å². The van der Waals surface area contributed by atoms with Gasteiger partial charge in [-0.3, -0.25) is 0 Å². The molecule has 2 rings (SSSR count).